The van der Waals surface area contributed by atoms with E-state index in [-0.39, 0.29) is 17.7 Å². The number of carboxylic acids is 1. The van der Waals surface area contributed by atoms with Gasteiger partial charge >= 0.3 is 5.97 Å². The van der Waals surface area contributed by atoms with Gasteiger partial charge in [-0.2, -0.15) is 0 Å². The van der Waals surface area contributed by atoms with E-state index in [1.54, 1.807) is 0 Å². The zero-order valence-corrected chi connectivity index (χ0v) is 12.5. The van der Waals surface area contributed by atoms with E-state index in [2.05, 4.69) is 5.32 Å². The number of allylic oxidation sites excluding steroid dienone is 2. The molecule has 4 atom stereocenters. The number of hydrogen-bond acceptors (Lipinski definition) is 2. The monoisotopic (exact) mass is 307 g/mol. The van der Waals surface area contributed by atoms with Crippen LogP contribution in [0.5, 0.6) is 0 Å². The molecule has 4 rings (SSSR count). The van der Waals surface area contributed by atoms with Crippen LogP contribution in [0.3, 0.4) is 0 Å². The quantitative estimate of drug-likeness (QED) is 0.855. The first-order valence-corrected chi connectivity index (χ1v) is 7.84. The summed E-state index contributed by atoms with van der Waals surface area (Å²) in [5, 5.41) is 14.5. The predicted molar refractivity (Wildman–Crippen MR) is 87.9 cm³/mol. The van der Waals surface area contributed by atoms with E-state index >= 15 is 0 Å². The highest BCUT2D eigenvalue weighted by Gasteiger charge is 2.51. The topological polar surface area (TPSA) is 66.4 Å². The van der Waals surface area contributed by atoms with Crippen molar-refractivity contribution >= 4 is 28.3 Å². The minimum absolute atomic E-state index is 0.00939. The van der Waals surface area contributed by atoms with Crippen LogP contribution in [0.2, 0.25) is 0 Å². The van der Waals surface area contributed by atoms with Crippen LogP contribution in [-0.2, 0) is 9.59 Å². The number of amides is 1. The molecule has 2 aliphatic carbocycles. The Labute approximate surface area is 133 Å². The Morgan fingerprint density at radius 1 is 0.957 bits per heavy atom. The summed E-state index contributed by atoms with van der Waals surface area (Å²) in [5.41, 5.74) is 0.713. The summed E-state index contributed by atoms with van der Waals surface area (Å²) in [5.74, 6) is -2.11. The molecule has 0 saturated heterocycles. The summed E-state index contributed by atoms with van der Waals surface area (Å²) in [6.07, 6.45) is 4.71. The lowest BCUT2D eigenvalue weighted by Gasteiger charge is -2.23. The predicted octanol–water partition coefficient (Wildman–Crippen LogP) is 3.30. The average Bonchev–Trinajstić information content (AvgIpc) is 3.15. The second kappa shape index (κ2) is 5.23. The molecule has 2 N–H and O–H groups in total. The fourth-order valence-corrected chi connectivity index (χ4v) is 4.01. The Hall–Kier alpha value is -2.62. The first-order chi connectivity index (χ1) is 11.1. The van der Waals surface area contributed by atoms with Crippen LogP contribution < -0.4 is 5.32 Å². The molecule has 2 aromatic rings. The Bertz CT molecular complexity index is 826. The summed E-state index contributed by atoms with van der Waals surface area (Å²) in [7, 11) is 0. The number of fused-ring (bicyclic) bond motifs is 3. The first-order valence-electron chi connectivity index (χ1n) is 7.84. The number of hydrogen-bond donors (Lipinski definition) is 2. The molecule has 1 fully saturated rings. The molecule has 0 heterocycles. The zero-order chi connectivity index (χ0) is 16.0. The van der Waals surface area contributed by atoms with Crippen LogP contribution in [0, 0.1) is 23.7 Å². The molecule has 2 aliphatic rings. The average molecular weight is 307 g/mol. The Kier molecular flexibility index (Phi) is 3.18. The maximum absolute atomic E-state index is 12.6. The number of carbonyl (C=O) groups is 2. The maximum Gasteiger partial charge on any atom is 0.307 e. The van der Waals surface area contributed by atoms with Gasteiger partial charge in [0.05, 0.1) is 11.8 Å². The normalized spacial score (nSPS) is 28.2. The van der Waals surface area contributed by atoms with Crippen molar-refractivity contribution in [1.82, 2.24) is 0 Å². The van der Waals surface area contributed by atoms with Gasteiger partial charge in [-0.25, -0.2) is 0 Å². The van der Waals surface area contributed by atoms with Gasteiger partial charge in [-0.1, -0.05) is 42.5 Å². The van der Waals surface area contributed by atoms with Gasteiger partial charge < -0.3 is 10.4 Å². The number of nitrogens with one attached hydrogen (secondary N) is 1. The highest BCUT2D eigenvalue weighted by Crippen LogP contribution is 2.48. The van der Waals surface area contributed by atoms with Gasteiger partial charge in [-0.3, -0.25) is 9.59 Å². The van der Waals surface area contributed by atoms with Crippen LogP contribution in [0.4, 0.5) is 5.69 Å². The molecule has 2 bridgehead atoms. The number of rotatable bonds is 3. The number of carbonyl (C=O) groups excluding carboxylic acids is 1. The zero-order valence-electron chi connectivity index (χ0n) is 12.5. The van der Waals surface area contributed by atoms with Gasteiger partial charge in [0.1, 0.15) is 0 Å². The lowest BCUT2D eigenvalue weighted by atomic mass is 9.82. The van der Waals surface area contributed by atoms with Crippen molar-refractivity contribution in [2.45, 2.75) is 6.42 Å². The summed E-state index contributed by atoms with van der Waals surface area (Å²) in [6, 6.07) is 13.7. The Morgan fingerprint density at radius 3 is 2.39 bits per heavy atom. The second-order valence-corrected chi connectivity index (χ2v) is 6.39. The third-order valence-corrected chi connectivity index (χ3v) is 5.06. The minimum atomic E-state index is -0.875. The molecule has 4 heteroatoms. The van der Waals surface area contributed by atoms with Gasteiger partial charge in [-0.15, -0.1) is 0 Å². The molecule has 1 amide bonds. The van der Waals surface area contributed by atoms with Crippen molar-refractivity contribution < 1.29 is 14.7 Å². The summed E-state index contributed by atoms with van der Waals surface area (Å²) in [6.45, 7) is 0. The highest BCUT2D eigenvalue weighted by molar-refractivity contribution is 5.98. The van der Waals surface area contributed by atoms with Crippen LogP contribution in [0.25, 0.3) is 10.8 Å². The lowest BCUT2D eigenvalue weighted by Crippen LogP contribution is -2.36. The summed E-state index contributed by atoms with van der Waals surface area (Å²) in [4.78, 5) is 24.2. The van der Waals surface area contributed by atoms with Crippen molar-refractivity contribution in [1.29, 1.82) is 0 Å². The summed E-state index contributed by atoms with van der Waals surface area (Å²) < 4.78 is 0. The number of anilines is 1. The number of aliphatic carboxylic acids is 1. The first kappa shape index (κ1) is 14.0. The Balaban J connectivity index is 1.59. The number of carboxylic acid groups (broad SMARTS) is 1. The molecule has 0 radical (unpaired) electrons. The van der Waals surface area contributed by atoms with Crippen molar-refractivity contribution in [2.75, 3.05) is 5.32 Å². The number of benzene rings is 2. The SMILES string of the molecule is O=C(O)[C@@H]1[C@@H](C(=O)Nc2ccc3ccccc3c2)[C@H]2C=C[C@@H]1C2. The molecule has 116 valence electrons. The second-order valence-electron chi connectivity index (χ2n) is 6.39. The van der Waals surface area contributed by atoms with Gasteiger partial charge in [-0.05, 0) is 41.2 Å². The highest BCUT2D eigenvalue weighted by atomic mass is 16.4. The Morgan fingerprint density at radius 2 is 1.65 bits per heavy atom. The molecule has 0 unspecified atom stereocenters. The molecular formula is C19H17NO3. The molecule has 4 nitrogen and oxygen atoms in total. The van der Waals surface area contributed by atoms with Gasteiger partial charge in [0.15, 0.2) is 0 Å². The van der Waals surface area contributed by atoms with E-state index in [0.29, 0.717) is 5.69 Å². The van der Waals surface area contributed by atoms with Gasteiger partial charge in [0, 0.05) is 5.69 Å². The van der Waals surface area contributed by atoms with E-state index in [4.69, 9.17) is 0 Å². The molecule has 0 spiro atoms. The minimum Gasteiger partial charge on any atom is -0.481 e. The maximum atomic E-state index is 12.6. The van der Waals surface area contributed by atoms with E-state index in [9.17, 15) is 14.7 Å². The largest absolute Gasteiger partial charge is 0.481 e. The lowest BCUT2D eigenvalue weighted by molar-refractivity contribution is -0.146. The van der Waals surface area contributed by atoms with Crippen molar-refractivity contribution in [3.63, 3.8) is 0 Å². The molecule has 0 aromatic heterocycles. The third kappa shape index (κ3) is 2.31. The van der Waals surface area contributed by atoms with Gasteiger partial charge in [0.2, 0.25) is 5.91 Å². The molecular weight excluding hydrogens is 290 g/mol. The van der Waals surface area contributed by atoms with Gasteiger partial charge in [0.25, 0.3) is 0 Å². The summed E-state index contributed by atoms with van der Waals surface area (Å²) >= 11 is 0. The molecule has 0 aliphatic heterocycles. The standard InChI is InChI=1S/C19H17NO3/c21-18(16-13-5-6-14(9-13)17(16)19(22)23)20-15-8-7-11-3-1-2-4-12(11)10-15/h1-8,10,13-14,16-17H,9H2,(H,20,21)(H,22,23)/t13-,14+,16-,17-/m0/s1. The third-order valence-electron chi connectivity index (χ3n) is 5.06. The van der Waals surface area contributed by atoms with E-state index in [1.165, 1.54) is 0 Å². The molecule has 2 aromatic carbocycles. The fourth-order valence-electron chi connectivity index (χ4n) is 4.01. The van der Waals surface area contributed by atoms with E-state index in [0.717, 1.165) is 17.2 Å². The van der Waals surface area contributed by atoms with Crippen LogP contribution in [0.15, 0.2) is 54.6 Å². The van der Waals surface area contributed by atoms with Crippen molar-refractivity contribution in [3.8, 4) is 0 Å². The van der Waals surface area contributed by atoms with Crippen LogP contribution in [-0.4, -0.2) is 17.0 Å². The van der Waals surface area contributed by atoms with E-state index < -0.39 is 17.8 Å². The van der Waals surface area contributed by atoms with Crippen molar-refractivity contribution in [2.24, 2.45) is 23.7 Å². The van der Waals surface area contributed by atoms with E-state index in [1.807, 2.05) is 54.6 Å². The molecule has 23 heavy (non-hydrogen) atoms. The smallest absolute Gasteiger partial charge is 0.307 e. The van der Waals surface area contributed by atoms with Crippen LogP contribution >= 0.6 is 0 Å². The van der Waals surface area contributed by atoms with Crippen LogP contribution in [0.1, 0.15) is 6.42 Å². The molecule has 1 saturated carbocycles. The fraction of sp³-hybridized carbons (Fsp3) is 0.263. The van der Waals surface area contributed by atoms with Crippen molar-refractivity contribution in [3.05, 3.63) is 54.6 Å².